The summed E-state index contributed by atoms with van der Waals surface area (Å²) in [5.41, 5.74) is 4.64. The number of carbonyl (C=O) groups excluding carboxylic acids is 1. The highest BCUT2D eigenvalue weighted by Crippen LogP contribution is 2.30. The van der Waals surface area contributed by atoms with Gasteiger partial charge in [-0.25, -0.2) is 8.42 Å². The second kappa shape index (κ2) is 9.12. The van der Waals surface area contributed by atoms with Crippen LogP contribution in [0.4, 0.5) is 0 Å². The van der Waals surface area contributed by atoms with E-state index in [0.29, 0.717) is 6.54 Å². The standard InChI is InChI=1S/C24H24N2O5S/c1-26(30-2)32(28,29)22-5-3-4-21(15-22)24(27)25-16-17-6-8-18(9-7-17)19-10-11-23-20(14-19)12-13-31-23/h3-11,14-15H,12-13,16H2,1-2H3,(H,25,27). The third-order valence-corrected chi connectivity index (χ3v) is 7.10. The molecule has 0 fully saturated rings. The van der Waals surface area contributed by atoms with Crippen LogP contribution in [0.2, 0.25) is 0 Å². The Morgan fingerprint density at radius 2 is 1.81 bits per heavy atom. The van der Waals surface area contributed by atoms with Crippen molar-refractivity contribution < 1.29 is 22.8 Å². The van der Waals surface area contributed by atoms with E-state index >= 15 is 0 Å². The first kappa shape index (κ1) is 22.0. The summed E-state index contributed by atoms with van der Waals surface area (Å²) in [6, 6.07) is 20.0. The summed E-state index contributed by atoms with van der Waals surface area (Å²) < 4.78 is 31.1. The maximum Gasteiger partial charge on any atom is 0.264 e. The highest BCUT2D eigenvalue weighted by atomic mass is 32.2. The van der Waals surface area contributed by atoms with Crippen molar-refractivity contribution in [2.45, 2.75) is 17.9 Å². The Kier molecular flexibility index (Phi) is 6.27. The van der Waals surface area contributed by atoms with Crippen molar-refractivity contribution in [3.8, 4) is 16.9 Å². The molecule has 32 heavy (non-hydrogen) atoms. The Morgan fingerprint density at radius 3 is 2.56 bits per heavy atom. The molecule has 0 aromatic heterocycles. The Bertz CT molecular complexity index is 1240. The van der Waals surface area contributed by atoms with Crippen LogP contribution in [0.3, 0.4) is 0 Å². The van der Waals surface area contributed by atoms with Gasteiger partial charge in [-0.05, 0) is 52.6 Å². The van der Waals surface area contributed by atoms with Crippen molar-refractivity contribution in [2.24, 2.45) is 0 Å². The number of nitrogens with zero attached hydrogens (tertiary/aromatic N) is 1. The molecule has 0 unspecified atom stereocenters. The van der Waals surface area contributed by atoms with Gasteiger partial charge in [0.1, 0.15) is 5.75 Å². The molecule has 0 aliphatic carbocycles. The first-order valence-corrected chi connectivity index (χ1v) is 11.6. The number of hydrogen-bond acceptors (Lipinski definition) is 5. The number of rotatable bonds is 7. The van der Waals surface area contributed by atoms with Gasteiger partial charge in [-0.2, -0.15) is 0 Å². The quantitative estimate of drug-likeness (QED) is 0.556. The number of sulfonamides is 1. The molecule has 3 aromatic carbocycles. The number of amides is 1. The minimum Gasteiger partial charge on any atom is -0.493 e. The zero-order valence-corrected chi connectivity index (χ0v) is 18.7. The maximum absolute atomic E-state index is 12.6. The molecule has 0 radical (unpaired) electrons. The van der Waals surface area contributed by atoms with E-state index in [1.165, 1.54) is 37.9 Å². The SMILES string of the molecule is CON(C)S(=O)(=O)c1cccc(C(=O)NCc2ccc(-c3ccc4c(c3)CCO4)cc2)c1. The van der Waals surface area contributed by atoms with Crippen molar-refractivity contribution in [3.05, 3.63) is 83.4 Å². The average Bonchev–Trinajstić information content (AvgIpc) is 3.30. The minimum atomic E-state index is -3.82. The first-order chi connectivity index (χ1) is 15.4. The number of hydrogen-bond donors (Lipinski definition) is 1. The van der Waals surface area contributed by atoms with Crippen molar-refractivity contribution in [1.82, 2.24) is 9.79 Å². The first-order valence-electron chi connectivity index (χ1n) is 10.1. The van der Waals surface area contributed by atoms with Gasteiger partial charge in [0.05, 0.1) is 18.6 Å². The third-order valence-electron chi connectivity index (χ3n) is 5.42. The number of nitrogens with one attached hydrogen (secondary N) is 1. The molecule has 1 heterocycles. The monoisotopic (exact) mass is 452 g/mol. The van der Waals surface area contributed by atoms with Crippen LogP contribution >= 0.6 is 0 Å². The number of benzene rings is 3. The fraction of sp³-hybridized carbons (Fsp3) is 0.208. The minimum absolute atomic E-state index is 0.0152. The molecule has 0 saturated heterocycles. The molecular weight excluding hydrogens is 428 g/mol. The topological polar surface area (TPSA) is 84.9 Å². The number of hydroxylamine groups is 1. The second-order valence-corrected chi connectivity index (χ2v) is 9.36. The van der Waals surface area contributed by atoms with E-state index in [1.54, 1.807) is 6.07 Å². The molecule has 8 heteroatoms. The molecule has 7 nitrogen and oxygen atoms in total. The summed E-state index contributed by atoms with van der Waals surface area (Å²) in [5, 5.41) is 2.84. The summed E-state index contributed by atoms with van der Waals surface area (Å²) in [7, 11) is -1.27. The van der Waals surface area contributed by atoms with E-state index in [1.807, 2.05) is 36.4 Å². The van der Waals surface area contributed by atoms with Gasteiger partial charge < -0.3 is 10.1 Å². The van der Waals surface area contributed by atoms with Crippen LogP contribution in [0.15, 0.2) is 71.6 Å². The van der Waals surface area contributed by atoms with Gasteiger partial charge in [-0.3, -0.25) is 9.63 Å². The predicted molar refractivity (Wildman–Crippen MR) is 121 cm³/mol. The van der Waals surface area contributed by atoms with Crippen LogP contribution in [0.5, 0.6) is 5.75 Å². The third kappa shape index (κ3) is 4.52. The van der Waals surface area contributed by atoms with Crippen LogP contribution in [0, 0.1) is 0 Å². The van der Waals surface area contributed by atoms with Gasteiger partial charge in [0.25, 0.3) is 15.9 Å². The van der Waals surface area contributed by atoms with Crippen LogP contribution < -0.4 is 10.1 Å². The molecule has 0 spiro atoms. The van der Waals surface area contributed by atoms with Crippen molar-refractivity contribution >= 4 is 15.9 Å². The summed E-state index contributed by atoms with van der Waals surface area (Å²) >= 11 is 0. The van der Waals surface area contributed by atoms with Gasteiger partial charge in [-0.1, -0.05) is 40.9 Å². The fourth-order valence-corrected chi connectivity index (χ4v) is 4.53. The highest BCUT2D eigenvalue weighted by molar-refractivity contribution is 7.89. The Balaban J connectivity index is 1.42. The number of fused-ring (bicyclic) bond motifs is 1. The van der Waals surface area contributed by atoms with E-state index in [-0.39, 0.29) is 16.4 Å². The molecule has 166 valence electrons. The lowest BCUT2D eigenvalue weighted by Crippen LogP contribution is -2.27. The second-order valence-electron chi connectivity index (χ2n) is 7.43. The zero-order valence-electron chi connectivity index (χ0n) is 17.9. The molecule has 4 rings (SSSR count). The van der Waals surface area contributed by atoms with Crippen LogP contribution in [-0.2, 0) is 27.8 Å². The van der Waals surface area contributed by atoms with E-state index in [9.17, 15) is 13.2 Å². The van der Waals surface area contributed by atoms with E-state index in [0.717, 1.165) is 39.9 Å². The predicted octanol–water partition coefficient (Wildman–Crippen LogP) is 3.40. The highest BCUT2D eigenvalue weighted by Gasteiger charge is 2.22. The Labute approximate surface area is 187 Å². The Hall–Kier alpha value is -3.20. The molecule has 1 amide bonds. The number of carbonyl (C=O) groups is 1. The summed E-state index contributed by atoms with van der Waals surface area (Å²) in [6.07, 6.45) is 0.928. The van der Waals surface area contributed by atoms with Gasteiger partial charge in [0.15, 0.2) is 0 Å². The normalized spacial score (nSPS) is 13.0. The smallest absolute Gasteiger partial charge is 0.264 e. The molecule has 0 atom stereocenters. The van der Waals surface area contributed by atoms with Gasteiger partial charge in [-0.15, -0.1) is 0 Å². The van der Waals surface area contributed by atoms with Gasteiger partial charge in [0.2, 0.25) is 0 Å². The number of ether oxygens (including phenoxy) is 1. The van der Waals surface area contributed by atoms with Crippen LogP contribution in [-0.4, -0.2) is 39.6 Å². The van der Waals surface area contributed by atoms with Crippen LogP contribution in [0.25, 0.3) is 11.1 Å². The maximum atomic E-state index is 12.6. The summed E-state index contributed by atoms with van der Waals surface area (Å²) in [5.74, 6) is 0.601. The molecule has 3 aromatic rings. The Morgan fingerprint density at radius 1 is 1.06 bits per heavy atom. The van der Waals surface area contributed by atoms with Gasteiger partial charge >= 0.3 is 0 Å². The summed E-state index contributed by atoms with van der Waals surface area (Å²) in [6.45, 7) is 1.06. The fourth-order valence-electron chi connectivity index (χ4n) is 3.51. The lowest BCUT2D eigenvalue weighted by molar-refractivity contribution is -0.0258. The van der Waals surface area contributed by atoms with E-state index in [2.05, 4.69) is 11.4 Å². The average molecular weight is 453 g/mol. The molecule has 1 aliphatic rings. The molecular formula is C24H24N2O5S. The summed E-state index contributed by atoms with van der Waals surface area (Å²) in [4.78, 5) is 17.3. The van der Waals surface area contributed by atoms with Crippen molar-refractivity contribution in [2.75, 3.05) is 20.8 Å². The lowest BCUT2D eigenvalue weighted by atomic mass is 10.0. The van der Waals surface area contributed by atoms with Crippen molar-refractivity contribution in [1.29, 1.82) is 0 Å². The molecule has 0 saturated carbocycles. The van der Waals surface area contributed by atoms with Crippen molar-refractivity contribution in [3.63, 3.8) is 0 Å². The lowest BCUT2D eigenvalue weighted by Gasteiger charge is -2.14. The molecule has 0 bridgehead atoms. The molecule has 1 N–H and O–H groups in total. The van der Waals surface area contributed by atoms with Crippen LogP contribution in [0.1, 0.15) is 21.5 Å². The van der Waals surface area contributed by atoms with E-state index in [4.69, 9.17) is 9.57 Å². The molecule has 1 aliphatic heterocycles. The zero-order chi connectivity index (χ0) is 22.7. The largest absolute Gasteiger partial charge is 0.493 e. The van der Waals surface area contributed by atoms with Gasteiger partial charge in [0, 0.05) is 25.6 Å². The van der Waals surface area contributed by atoms with E-state index < -0.39 is 10.0 Å².